The van der Waals surface area contributed by atoms with Gasteiger partial charge in [-0.3, -0.25) is 0 Å². The van der Waals surface area contributed by atoms with Crippen molar-refractivity contribution >= 4 is 11.7 Å². The molecule has 0 amide bonds. The Balaban J connectivity index is 0.000000216. The van der Waals surface area contributed by atoms with Crippen LogP contribution in [0, 0.1) is 5.92 Å². The summed E-state index contributed by atoms with van der Waals surface area (Å²) in [4.78, 5) is 13.9. The Morgan fingerprint density at radius 2 is 1.74 bits per heavy atom. The lowest BCUT2D eigenvalue weighted by Crippen LogP contribution is -2.41. The summed E-state index contributed by atoms with van der Waals surface area (Å²) >= 11 is 0. The zero-order chi connectivity index (χ0) is 19.1. The number of aliphatic carboxylic acids is 1. The van der Waals surface area contributed by atoms with Crippen LogP contribution < -0.4 is 10.1 Å². The summed E-state index contributed by atoms with van der Waals surface area (Å²) in [7, 11) is 1.57. The maximum atomic E-state index is 11.4. The van der Waals surface area contributed by atoms with E-state index in [-0.39, 0.29) is 0 Å². The summed E-state index contributed by atoms with van der Waals surface area (Å²) in [6, 6.07) is 15.5. The first kappa shape index (κ1) is 19.2. The fourth-order valence-corrected chi connectivity index (χ4v) is 3.68. The second kappa shape index (κ2) is 9.42. The van der Waals surface area contributed by atoms with Gasteiger partial charge in [0.25, 0.3) is 0 Å². The number of rotatable bonds is 5. The van der Waals surface area contributed by atoms with Gasteiger partial charge in [-0.15, -0.1) is 0 Å². The number of nitrogens with one attached hydrogen (secondary N) is 1. The number of nitrogens with zero attached hydrogens (tertiary/aromatic N) is 1. The Morgan fingerprint density at radius 3 is 2.22 bits per heavy atom. The summed E-state index contributed by atoms with van der Waals surface area (Å²) in [5.74, 6) is 0.872. The summed E-state index contributed by atoms with van der Waals surface area (Å²) < 4.78 is 5.12. The van der Waals surface area contributed by atoms with Gasteiger partial charge in [-0.1, -0.05) is 36.4 Å². The number of carbonyl (C=O) groups is 1. The molecule has 2 N–H and O–H groups in total. The van der Waals surface area contributed by atoms with Gasteiger partial charge in [-0.25, -0.2) is 4.79 Å². The molecule has 5 rings (SSSR count). The lowest BCUT2D eigenvalue weighted by molar-refractivity contribution is -0.138. The molecule has 1 atom stereocenters. The molecule has 1 unspecified atom stereocenters. The van der Waals surface area contributed by atoms with Crippen molar-refractivity contribution < 1.29 is 14.6 Å². The van der Waals surface area contributed by atoms with Crippen molar-refractivity contribution in [3.63, 3.8) is 0 Å². The second-order valence-corrected chi connectivity index (χ2v) is 7.13. The van der Waals surface area contributed by atoms with Gasteiger partial charge in [0.2, 0.25) is 0 Å². The van der Waals surface area contributed by atoms with E-state index >= 15 is 0 Å². The van der Waals surface area contributed by atoms with E-state index < -0.39 is 12.0 Å². The molecule has 3 fully saturated rings. The Kier molecular flexibility index (Phi) is 6.71. The van der Waals surface area contributed by atoms with Crippen molar-refractivity contribution in [2.75, 3.05) is 32.1 Å². The average molecular weight is 368 g/mol. The van der Waals surface area contributed by atoms with Gasteiger partial charge in [0.1, 0.15) is 5.75 Å². The third-order valence-electron chi connectivity index (χ3n) is 5.32. The van der Waals surface area contributed by atoms with Gasteiger partial charge in [0.05, 0.1) is 7.11 Å². The van der Waals surface area contributed by atoms with Crippen LogP contribution in [0.4, 0.5) is 5.69 Å². The predicted octanol–water partition coefficient (Wildman–Crippen LogP) is 4.04. The van der Waals surface area contributed by atoms with E-state index in [4.69, 9.17) is 4.74 Å². The molecule has 0 aliphatic carbocycles. The van der Waals surface area contributed by atoms with Crippen molar-refractivity contribution in [2.45, 2.75) is 25.3 Å². The molecule has 3 aliphatic rings. The standard InChI is InChI=1S/C15H15NO3.C7H13N/c1-19-13-9-5-8-12(10-13)16-14(15(17)18)11-6-3-2-4-7-11;1-4-8-5-2-7(1)3-6-8/h2-10,14,16H,1H3,(H,17,18);7H,1-6H2. The second-order valence-electron chi connectivity index (χ2n) is 7.13. The summed E-state index contributed by atoms with van der Waals surface area (Å²) in [6.45, 7) is 4.18. The minimum atomic E-state index is -0.922. The topological polar surface area (TPSA) is 61.8 Å². The fourth-order valence-electron chi connectivity index (χ4n) is 3.68. The third kappa shape index (κ3) is 5.47. The maximum absolute atomic E-state index is 11.4. The Labute approximate surface area is 161 Å². The molecule has 0 aromatic heterocycles. The zero-order valence-electron chi connectivity index (χ0n) is 15.8. The summed E-state index contributed by atoms with van der Waals surface area (Å²) in [6.07, 6.45) is 4.46. The number of anilines is 1. The van der Waals surface area contributed by atoms with Crippen molar-refractivity contribution in [3.8, 4) is 5.75 Å². The first-order valence-corrected chi connectivity index (χ1v) is 9.56. The van der Waals surface area contributed by atoms with Crippen LogP contribution in [0.5, 0.6) is 5.75 Å². The first-order valence-electron chi connectivity index (χ1n) is 9.56. The van der Waals surface area contributed by atoms with Crippen molar-refractivity contribution in [3.05, 3.63) is 60.2 Å². The number of hydrogen-bond acceptors (Lipinski definition) is 4. The fraction of sp³-hybridized carbons (Fsp3) is 0.409. The number of fused-ring (bicyclic) bond motifs is 3. The highest BCUT2D eigenvalue weighted by Gasteiger charge is 2.24. The summed E-state index contributed by atoms with van der Waals surface area (Å²) in [5, 5.41) is 12.3. The molecule has 3 aliphatic heterocycles. The summed E-state index contributed by atoms with van der Waals surface area (Å²) in [5.41, 5.74) is 1.41. The quantitative estimate of drug-likeness (QED) is 0.834. The minimum absolute atomic E-state index is 0.683. The number of piperidine rings is 3. The van der Waals surface area contributed by atoms with E-state index in [1.165, 1.54) is 38.9 Å². The van der Waals surface area contributed by atoms with Crippen LogP contribution in [0.1, 0.15) is 30.9 Å². The van der Waals surface area contributed by atoms with Gasteiger partial charge in [-0.05, 0) is 62.5 Å². The Bertz CT molecular complexity index is 704. The predicted molar refractivity (Wildman–Crippen MR) is 107 cm³/mol. The highest BCUT2D eigenvalue weighted by Crippen LogP contribution is 2.26. The van der Waals surface area contributed by atoms with Crippen molar-refractivity contribution in [1.82, 2.24) is 4.90 Å². The normalized spacial score (nSPS) is 21.5. The van der Waals surface area contributed by atoms with E-state index in [0.29, 0.717) is 17.0 Å². The van der Waals surface area contributed by atoms with Crippen LogP contribution in [0.2, 0.25) is 0 Å². The van der Waals surface area contributed by atoms with E-state index in [1.807, 2.05) is 30.3 Å². The third-order valence-corrected chi connectivity index (χ3v) is 5.32. The Morgan fingerprint density at radius 1 is 1.07 bits per heavy atom. The SMILES string of the molecule is C1CN2CCC1CC2.COc1cccc(NC(C(=O)O)c2ccccc2)c1. The van der Waals surface area contributed by atoms with Gasteiger partial charge in [0, 0.05) is 11.8 Å². The molecule has 3 heterocycles. The van der Waals surface area contributed by atoms with E-state index in [1.54, 1.807) is 31.4 Å². The highest BCUT2D eigenvalue weighted by molar-refractivity contribution is 5.79. The zero-order valence-corrected chi connectivity index (χ0v) is 15.8. The van der Waals surface area contributed by atoms with Crippen LogP contribution in [-0.4, -0.2) is 42.7 Å². The first-order chi connectivity index (χ1) is 13.2. The molecule has 0 radical (unpaired) electrons. The van der Waals surface area contributed by atoms with Gasteiger partial charge >= 0.3 is 5.97 Å². The van der Waals surface area contributed by atoms with E-state index in [2.05, 4.69) is 10.2 Å². The van der Waals surface area contributed by atoms with Crippen molar-refractivity contribution in [2.24, 2.45) is 5.92 Å². The smallest absolute Gasteiger partial charge is 0.330 e. The maximum Gasteiger partial charge on any atom is 0.330 e. The largest absolute Gasteiger partial charge is 0.497 e. The highest BCUT2D eigenvalue weighted by atomic mass is 16.5. The minimum Gasteiger partial charge on any atom is -0.497 e. The van der Waals surface area contributed by atoms with Crippen LogP contribution in [0.15, 0.2) is 54.6 Å². The molecule has 2 aromatic carbocycles. The number of benzene rings is 2. The molecule has 2 aromatic rings. The molecular weight excluding hydrogens is 340 g/mol. The Hall–Kier alpha value is -2.53. The van der Waals surface area contributed by atoms with Gasteiger partial charge in [0.15, 0.2) is 6.04 Å². The molecule has 5 nitrogen and oxygen atoms in total. The molecule has 0 saturated carbocycles. The van der Waals surface area contributed by atoms with Gasteiger partial charge in [-0.2, -0.15) is 0 Å². The molecule has 144 valence electrons. The number of methoxy groups -OCH3 is 1. The van der Waals surface area contributed by atoms with E-state index in [0.717, 1.165) is 5.92 Å². The lowest BCUT2D eigenvalue weighted by atomic mass is 9.89. The molecule has 3 saturated heterocycles. The molecule has 2 bridgehead atoms. The van der Waals surface area contributed by atoms with Gasteiger partial charge < -0.3 is 20.1 Å². The lowest BCUT2D eigenvalue weighted by Gasteiger charge is -2.38. The number of hydrogen-bond donors (Lipinski definition) is 2. The van der Waals surface area contributed by atoms with Crippen LogP contribution >= 0.6 is 0 Å². The monoisotopic (exact) mass is 368 g/mol. The van der Waals surface area contributed by atoms with E-state index in [9.17, 15) is 9.90 Å². The van der Waals surface area contributed by atoms with Crippen LogP contribution in [-0.2, 0) is 4.79 Å². The number of ether oxygens (including phenoxy) is 1. The average Bonchev–Trinajstić information content (AvgIpc) is 2.74. The molecule has 27 heavy (non-hydrogen) atoms. The molecule has 0 spiro atoms. The van der Waals surface area contributed by atoms with Crippen LogP contribution in [0.3, 0.4) is 0 Å². The van der Waals surface area contributed by atoms with Crippen LogP contribution in [0.25, 0.3) is 0 Å². The molecular formula is C22H28N2O3. The number of carboxylic acids is 1. The molecule has 5 heteroatoms. The van der Waals surface area contributed by atoms with Crippen molar-refractivity contribution in [1.29, 1.82) is 0 Å². The number of carboxylic acid groups (broad SMARTS) is 1.